The fourth-order valence-corrected chi connectivity index (χ4v) is 1.32. The smallest absolute Gasteiger partial charge is 0.128 e. The molecule has 0 heterocycles. The Morgan fingerprint density at radius 1 is 1.38 bits per heavy atom. The van der Waals surface area contributed by atoms with Crippen LogP contribution in [0.25, 0.3) is 0 Å². The lowest BCUT2D eigenvalue weighted by atomic mass is 10.1. The zero-order chi connectivity index (χ0) is 9.84. The van der Waals surface area contributed by atoms with Crippen LogP contribution in [-0.2, 0) is 13.1 Å². The van der Waals surface area contributed by atoms with Crippen LogP contribution in [0.1, 0.15) is 11.1 Å². The molecule has 0 aliphatic rings. The highest BCUT2D eigenvalue weighted by Gasteiger charge is 2.06. The molecule has 1 aromatic carbocycles. The third kappa shape index (κ3) is 2.50. The molecule has 0 amide bonds. The van der Waals surface area contributed by atoms with Gasteiger partial charge in [0.1, 0.15) is 5.82 Å². The van der Waals surface area contributed by atoms with Crippen LogP contribution in [0.3, 0.4) is 0 Å². The predicted octanol–water partition coefficient (Wildman–Crippen LogP) is 1.35. The highest BCUT2D eigenvalue weighted by Crippen LogP contribution is 2.13. The molecule has 72 valence electrons. The van der Waals surface area contributed by atoms with Crippen molar-refractivity contribution in [3.8, 4) is 0 Å². The summed E-state index contributed by atoms with van der Waals surface area (Å²) in [5.74, 6) is -0.207. The molecule has 0 fully saturated rings. The van der Waals surface area contributed by atoms with Crippen molar-refractivity contribution in [2.45, 2.75) is 13.1 Å². The Morgan fingerprint density at radius 2 is 2.08 bits per heavy atom. The summed E-state index contributed by atoms with van der Waals surface area (Å²) in [6.07, 6.45) is 0. The molecule has 0 saturated carbocycles. The average Bonchev–Trinajstić information content (AvgIpc) is 2.03. The molecule has 2 nitrogen and oxygen atoms in total. The van der Waals surface area contributed by atoms with Gasteiger partial charge in [0.05, 0.1) is 0 Å². The lowest BCUT2D eigenvalue weighted by Crippen LogP contribution is -2.14. The van der Waals surface area contributed by atoms with Gasteiger partial charge in [0, 0.05) is 18.7 Å². The Kier molecular flexibility index (Phi) is 3.39. The maximum atomic E-state index is 13.2. The third-order valence-corrected chi connectivity index (χ3v) is 1.91. The molecule has 2 N–H and O–H groups in total. The molecular formula is C10H15FN2. The molecule has 0 spiro atoms. The fraction of sp³-hybridized carbons (Fsp3) is 0.400. The van der Waals surface area contributed by atoms with E-state index in [4.69, 9.17) is 5.73 Å². The van der Waals surface area contributed by atoms with Gasteiger partial charge in [-0.1, -0.05) is 12.1 Å². The van der Waals surface area contributed by atoms with Gasteiger partial charge < -0.3 is 10.6 Å². The topological polar surface area (TPSA) is 29.3 Å². The van der Waals surface area contributed by atoms with E-state index in [-0.39, 0.29) is 12.4 Å². The van der Waals surface area contributed by atoms with E-state index >= 15 is 0 Å². The van der Waals surface area contributed by atoms with Crippen molar-refractivity contribution in [2.24, 2.45) is 5.73 Å². The predicted molar refractivity (Wildman–Crippen MR) is 51.7 cm³/mol. The number of rotatable bonds is 3. The highest BCUT2D eigenvalue weighted by molar-refractivity contribution is 5.28. The Hall–Kier alpha value is -0.930. The third-order valence-electron chi connectivity index (χ3n) is 1.91. The summed E-state index contributed by atoms with van der Waals surface area (Å²) in [6.45, 7) is 0.986. The molecule has 0 bridgehead atoms. The minimum Gasteiger partial charge on any atom is -0.326 e. The number of benzene rings is 1. The molecule has 0 atom stereocenters. The van der Waals surface area contributed by atoms with E-state index in [1.807, 2.05) is 25.1 Å². The summed E-state index contributed by atoms with van der Waals surface area (Å²) in [5.41, 5.74) is 7.06. The summed E-state index contributed by atoms with van der Waals surface area (Å²) in [6, 6.07) is 5.07. The average molecular weight is 182 g/mol. The molecule has 0 unspecified atom stereocenters. The fourth-order valence-electron chi connectivity index (χ4n) is 1.32. The zero-order valence-electron chi connectivity index (χ0n) is 8.05. The Balaban J connectivity index is 2.98. The first-order valence-corrected chi connectivity index (χ1v) is 4.26. The number of nitrogens with two attached hydrogens (primary N) is 1. The minimum atomic E-state index is -0.207. The lowest BCUT2D eigenvalue weighted by molar-refractivity contribution is 0.399. The van der Waals surface area contributed by atoms with E-state index in [2.05, 4.69) is 0 Å². The van der Waals surface area contributed by atoms with E-state index in [1.54, 1.807) is 6.07 Å². The summed E-state index contributed by atoms with van der Waals surface area (Å²) >= 11 is 0. The summed E-state index contributed by atoms with van der Waals surface area (Å²) in [7, 11) is 3.90. The van der Waals surface area contributed by atoms with E-state index in [9.17, 15) is 4.39 Å². The van der Waals surface area contributed by atoms with Crippen molar-refractivity contribution < 1.29 is 4.39 Å². The lowest BCUT2D eigenvalue weighted by Gasteiger charge is -2.13. The van der Waals surface area contributed by atoms with Crippen molar-refractivity contribution in [3.63, 3.8) is 0 Å². The summed E-state index contributed by atoms with van der Waals surface area (Å²) < 4.78 is 13.2. The van der Waals surface area contributed by atoms with Crippen LogP contribution in [0.15, 0.2) is 18.2 Å². The Morgan fingerprint density at radius 3 is 2.62 bits per heavy atom. The molecule has 0 aromatic heterocycles. The normalized spacial score (nSPS) is 10.8. The van der Waals surface area contributed by atoms with Crippen molar-refractivity contribution >= 4 is 0 Å². The van der Waals surface area contributed by atoms with Crippen molar-refractivity contribution in [1.82, 2.24) is 4.90 Å². The molecule has 1 aromatic rings. The summed E-state index contributed by atoms with van der Waals surface area (Å²) in [5, 5.41) is 0. The number of hydrogen-bond acceptors (Lipinski definition) is 2. The van der Waals surface area contributed by atoms with Crippen LogP contribution >= 0.6 is 0 Å². The zero-order valence-corrected chi connectivity index (χ0v) is 8.05. The van der Waals surface area contributed by atoms with Crippen molar-refractivity contribution in [1.29, 1.82) is 0 Å². The van der Waals surface area contributed by atoms with Gasteiger partial charge >= 0.3 is 0 Å². The van der Waals surface area contributed by atoms with Gasteiger partial charge in [-0.2, -0.15) is 0 Å². The maximum Gasteiger partial charge on any atom is 0.128 e. The van der Waals surface area contributed by atoms with Gasteiger partial charge in [-0.15, -0.1) is 0 Å². The standard InChI is InChI=1S/C10H15FN2/c1-13(2)7-8-4-3-5-10(11)9(8)6-12/h3-5H,6-7,12H2,1-2H3. The van der Waals surface area contributed by atoms with Crippen molar-refractivity contribution in [3.05, 3.63) is 35.1 Å². The first kappa shape index (κ1) is 10.2. The number of nitrogens with zero attached hydrogens (tertiary/aromatic N) is 1. The first-order valence-electron chi connectivity index (χ1n) is 4.26. The van der Waals surface area contributed by atoms with Crippen molar-refractivity contribution in [2.75, 3.05) is 14.1 Å². The second-order valence-electron chi connectivity index (χ2n) is 3.32. The monoisotopic (exact) mass is 182 g/mol. The largest absolute Gasteiger partial charge is 0.326 e. The Bertz CT molecular complexity index is 284. The molecule has 0 aliphatic heterocycles. The molecule has 1 rings (SSSR count). The van der Waals surface area contributed by atoms with E-state index in [0.717, 1.165) is 12.1 Å². The second-order valence-corrected chi connectivity index (χ2v) is 3.32. The van der Waals surface area contributed by atoms with Crippen LogP contribution in [0, 0.1) is 5.82 Å². The minimum absolute atomic E-state index is 0.207. The second kappa shape index (κ2) is 4.35. The van der Waals surface area contributed by atoms with Gasteiger partial charge in [-0.05, 0) is 25.7 Å². The Labute approximate surface area is 78.2 Å². The first-order chi connectivity index (χ1) is 6.15. The van der Waals surface area contributed by atoms with E-state index in [0.29, 0.717) is 5.56 Å². The van der Waals surface area contributed by atoms with Crippen LogP contribution in [-0.4, -0.2) is 19.0 Å². The SMILES string of the molecule is CN(C)Cc1cccc(F)c1CN. The van der Waals surface area contributed by atoms with Crippen LogP contribution < -0.4 is 5.73 Å². The van der Waals surface area contributed by atoms with E-state index in [1.165, 1.54) is 6.07 Å². The van der Waals surface area contributed by atoms with Crippen LogP contribution in [0.5, 0.6) is 0 Å². The van der Waals surface area contributed by atoms with Gasteiger partial charge in [0.25, 0.3) is 0 Å². The molecular weight excluding hydrogens is 167 g/mol. The van der Waals surface area contributed by atoms with Crippen LogP contribution in [0.2, 0.25) is 0 Å². The van der Waals surface area contributed by atoms with Gasteiger partial charge in [0.15, 0.2) is 0 Å². The van der Waals surface area contributed by atoms with Gasteiger partial charge in [0.2, 0.25) is 0 Å². The summed E-state index contributed by atoms with van der Waals surface area (Å²) in [4.78, 5) is 1.99. The molecule has 3 heteroatoms. The molecule has 0 saturated heterocycles. The van der Waals surface area contributed by atoms with Gasteiger partial charge in [-0.25, -0.2) is 4.39 Å². The highest BCUT2D eigenvalue weighted by atomic mass is 19.1. The molecule has 13 heavy (non-hydrogen) atoms. The van der Waals surface area contributed by atoms with Crippen LogP contribution in [0.4, 0.5) is 4.39 Å². The number of halogens is 1. The molecule has 0 aliphatic carbocycles. The van der Waals surface area contributed by atoms with Gasteiger partial charge in [-0.3, -0.25) is 0 Å². The quantitative estimate of drug-likeness (QED) is 0.764. The number of hydrogen-bond donors (Lipinski definition) is 1. The maximum absolute atomic E-state index is 13.2. The molecule has 0 radical (unpaired) electrons. The van der Waals surface area contributed by atoms with E-state index < -0.39 is 0 Å².